The Morgan fingerprint density at radius 2 is 1.73 bits per heavy atom. The van der Waals surface area contributed by atoms with Crippen molar-refractivity contribution >= 4 is 30.5 Å². The van der Waals surface area contributed by atoms with E-state index in [1.165, 1.54) is 0 Å². The lowest BCUT2D eigenvalue weighted by Crippen LogP contribution is -2.38. The van der Waals surface area contributed by atoms with Crippen LogP contribution in [0.15, 0.2) is 24.3 Å². The first-order chi connectivity index (χ1) is 5.99. The summed E-state index contributed by atoms with van der Waals surface area (Å²) in [4.78, 5) is 0. The van der Waals surface area contributed by atoms with Crippen LogP contribution < -0.4 is 16.2 Å². The Labute approximate surface area is 103 Å². The molecule has 0 saturated carbocycles. The van der Waals surface area contributed by atoms with E-state index in [4.69, 9.17) is 16.2 Å². The third-order valence-electron chi connectivity index (χ3n) is 1.52. The van der Waals surface area contributed by atoms with Gasteiger partial charge in [-0.3, -0.25) is 0 Å². The minimum absolute atomic E-state index is 0. The van der Waals surface area contributed by atoms with Crippen molar-refractivity contribution in [1.29, 1.82) is 0 Å². The second-order valence-electron chi connectivity index (χ2n) is 3.82. The lowest BCUT2D eigenvalue weighted by molar-refractivity contribution is 0.244. The van der Waals surface area contributed by atoms with Crippen LogP contribution in [0.2, 0.25) is 0 Å². The highest BCUT2D eigenvalue weighted by Crippen LogP contribution is 2.20. The molecule has 3 nitrogen and oxygen atoms in total. The predicted octanol–water partition coefficient (Wildman–Crippen LogP) is 2.23. The van der Waals surface area contributed by atoms with E-state index in [9.17, 15) is 0 Å². The molecule has 5 heteroatoms. The van der Waals surface area contributed by atoms with Crippen molar-refractivity contribution in [1.82, 2.24) is 0 Å². The van der Waals surface area contributed by atoms with Gasteiger partial charge in [-0.25, -0.2) is 0 Å². The Balaban J connectivity index is 0. The third-order valence-corrected chi connectivity index (χ3v) is 1.52. The van der Waals surface area contributed by atoms with Gasteiger partial charge >= 0.3 is 0 Å². The molecule has 0 bridgehead atoms. The molecule has 1 rings (SSSR count). The molecule has 0 amide bonds. The largest absolute Gasteiger partial charge is 0.490 e. The highest BCUT2D eigenvalue weighted by Gasteiger charge is 2.11. The summed E-state index contributed by atoms with van der Waals surface area (Å²) in [6.07, 6.45) is 0. The quantitative estimate of drug-likeness (QED) is 0.812. The molecule has 0 aliphatic heterocycles. The third kappa shape index (κ3) is 6.44. The molecule has 0 aliphatic carbocycles. The van der Waals surface area contributed by atoms with Gasteiger partial charge in [0.15, 0.2) is 0 Å². The van der Waals surface area contributed by atoms with Gasteiger partial charge in [-0.2, -0.15) is 0 Å². The van der Waals surface area contributed by atoms with E-state index in [0.717, 1.165) is 0 Å². The number of anilines is 1. The van der Waals surface area contributed by atoms with E-state index in [1.54, 1.807) is 6.07 Å². The molecule has 0 fully saturated rings. The fraction of sp³-hybridized carbons (Fsp3) is 0.400. The minimum atomic E-state index is -0.331. The molecule has 4 N–H and O–H groups in total. The number of para-hydroxylation sites is 2. The lowest BCUT2D eigenvalue weighted by atomic mass is 10.1. The van der Waals surface area contributed by atoms with Crippen LogP contribution in [0.4, 0.5) is 5.69 Å². The van der Waals surface area contributed by atoms with E-state index in [2.05, 4.69) is 0 Å². The Kier molecular flexibility index (Phi) is 7.58. The summed E-state index contributed by atoms with van der Waals surface area (Å²) < 4.78 is 5.45. The summed E-state index contributed by atoms with van der Waals surface area (Å²) in [7, 11) is 0. The van der Waals surface area contributed by atoms with E-state index in [-0.39, 0.29) is 30.4 Å². The molecular weight excluding hydrogens is 235 g/mol. The van der Waals surface area contributed by atoms with Crippen molar-refractivity contribution in [3.05, 3.63) is 24.3 Å². The minimum Gasteiger partial charge on any atom is -0.490 e. The first kappa shape index (κ1) is 16.8. The van der Waals surface area contributed by atoms with Crippen molar-refractivity contribution < 1.29 is 4.74 Å². The molecule has 0 atom stereocenters. The number of ether oxygens (including phenoxy) is 1. The molecule has 1 aromatic carbocycles. The fourth-order valence-corrected chi connectivity index (χ4v) is 0.876. The molecule has 0 unspecified atom stereocenters. The van der Waals surface area contributed by atoms with Crippen LogP contribution in [0.1, 0.15) is 13.8 Å². The van der Waals surface area contributed by atoms with Gasteiger partial charge < -0.3 is 16.2 Å². The van der Waals surface area contributed by atoms with Crippen LogP contribution in [-0.4, -0.2) is 12.1 Å². The van der Waals surface area contributed by atoms with Crippen LogP contribution in [0.5, 0.6) is 5.75 Å². The zero-order valence-corrected chi connectivity index (χ0v) is 10.5. The number of hydrogen-bond donors (Lipinski definition) is 2. The lowest BCUT2D eigenvalue weighted by Gasteiger charge is -2.19. The van der Waals surface area contributed by atoms with Crippen molar-refractivity contribution in [2.24, 2.45) is 5.73 Å². The number of nitrogens with two attached hydrogens (primary N) is 2. The van der Waals surface area contributed by atoms with E-state index >= 15 is 0 Å². The van der Waals surface area contributed by atoms with Crippen LogP contribution >= 0.6 is 24.8 Å². The summed E-state index contributed by atoms with van der Waals surface area (Å²) in [5.74, 6) is 0.695. The normalized spacial score (nSPS) is 9.80. The Morgan fingerprint density at radius 3 is 2.20 bits per heavy atom. The molecule has 15 heavy (non-hydrogen) atoms. The van der Waals surface area contributed by atoms with Gasteiger partial charge in [0.05, 0.1) is 5.69 Å². The maximum Gasteiger partial charge on any atom is 0.142 e. The zero-order chi connectivity index (χ0) is 9.90. The Morgan fingerprint density at radius 1 is 1.20 bits per heavy atom. The maximum absolute atomic E-state index is 5.77. The van der Waals surface area contributed by atoms with Gasteiger partial charge in [0.25, 0.3) is 0 Å². The van der Waals surface area contributed by atoms with Crippen LogP contribution in [0.3, 0.4) is 0 Å². The van der Waals surface area contributed by atoms with Crippen molar-refractivity contribution in [2.45, 2.75) is 19.4 Å². The summed E-state index contributed by atoms with van der Waals surface area (Å²) in [6.45, 7) is 4.28. The van der Waals surface area contributed by atoms with Gasteiger partial charge in [-0.1, -0.05) is 12.1 Å². The first-order valence-corrected chi connectivity index (χ1v) is 4.25. The van der Waals surface area contributed by atoms with Crippen molar-refractivity contribution in [2.75, 3.05) is 12.3 Å². The van der Waals surface area contributed by atoms with Crippen molar-refractivity contribution in [3.63, 3.8) is 0 Å². The predicted molar refractivity (Wildman–Crippen MR) is 69.1 cm³/mol. The average molecular weight is 253 g/mol. The van der Waals surface area contributed by atoms with E-state index in [0.29, 0.717) is 18.0 Å². The number of benzene rings is 1. The highest BCUT2D eigenvalue weighted by atomic mass is 35.5. The second-order valence-corrected chi connectivity index (χ2v) is 3.82. The molecule has 88 valence electrons. The van der Waals surface area contributed by atoms with Gasteiger partial charge in [-0.15, -0.1) is 24.8 Å². The molecule has 0 spiro atoms. The standard InChI is InChI=1S/C10H16N2O.2ClH/c1-10(2,12)7-13-9-6-4-3-5-8(9)11;;/h3-6H,7,11-12H2,1-2H3;2*1H. The summed E-state index contributed by atoms with van der Waals surface area (Å²) in [5, 5.41) is 0. The smallest absolute Gasteiger partial charge is 0.142 e. The van der Waals surface area contributed by atoms with Crippen LogP contribution in [0.25, 0.3) is 0 Å². The SMILES string of the molecule is CC(C)(N)COc1ccccc1N.Cl.Cl. The number of hydrogen-bond acceptors (Lipinski definition) is 3. The Bertz CT molecular complexity index is 287. The van der Waals surface area contributed by atoms with Gasteiger partial charge in [0.2, 0.25) is 0 Å². The molecule has 0 saturated heterocycles. The fourth-order valence-electron chi connectivity index (χ4n) is 0.876. The highest BCUT2D eigenvalue weighted by molar-refractivity contribution is 5.85. The molecule has 0 aromatic heterocycles. The number of halogens is 2. The molecule has 0 aliphatic rings. The molecule has 0 radical (unpaired) electrons. The van der Waals surface area contributed by atoms with Gasteiger partial charge in [0, 0.05) is 5.54 Å². The monoisotopic (exact) mass is 252 g/mol. The summed E-state index contributed by atoms with van der Waals surface area (Å²) >= 11 is 0. The van der Waals surface area contributed by atoms with Crippen molar-refractivity contribution in [3.8, 4) is 5.75 Å². The summed E-state index contributed by atoms with van der Waals surface area (Å²) in [5.41, 5.74) is 11.8. The zero-order valence-electron chi connectivity index (χ0n) is 8.90. The average Bonchev–Trinajstić information content (AvgIpc) is 2.01. The maximum atomic E-state index is 5.77. The number of rotatable bonds is 3. The van der Waals surface area contributed by atoms with Gasteiger partial charge in [0.1, 0.15) is 12.4 Å². The molecular formula is C10H18Cl2N2O. The summed E-state index contributed by atoms with van der Waals surface area (Å²) in [6, 6.07) is 7.39. The number of nitrogen functional groups attached to an aromatic ring is 1. The second kappa shape index (κ2) is 6.77. The van der Waals surface area contributed by atoms with Crippen LogP contribution in [-0.2, 0) is 0 Å². The Hall–Kier alpha value is -0.640. The molecule has 0 heterocycles. The van der Waals surface area contributed by atoms with E-state index in [1.807, 2.05) is 32.0 Å². The topological polar surface area (TPSA) is 61.3 Å². The van der Waals surface area contributed by atoms with Gasteiger partial charge in [-0.05, 0) is 26.0 Å². The van der Waals surface area contributed by atoms with E-state index < -0.39 is 0 Å². The first-order valence-electron chi connectivity index (χ1n) is 4.25. The molecule has 1 aromatic rings. The van der Waals surface area contributed by atoms with Crippen LogP contribution in [0, 0.1) is 0 Å².